The fraction of sp³-hybridized carbons (Fsp3) is 0.533. The second kappa shape index (κ2) is 5.45. The van der Waals surface area contributed by atoms with Crippen molar-refractivity contribution in [2.45, 2.75) is 46.6 Å². The number of anilines is 1. The topological polar surface area (TPSA) is 38.0 Å². The van der Waals surface area contributed by atoms with Gasteiger partial charge in [0.15, 0.2) is 0 Å². The van der Waals surface area contributed by atoms with Crippen LogP contribution in [-0.2, 0) is 0 Å². The number of hydrogen-bond acceptors (Lipinski definition) is 2. The van der Waals surface area contributed by atoms with Crippen molar-refractivity contribution in [2.24, 2.45) is 11.1 Å². The lowest BCUT2D eigenvalue weighted by atomic mass is 9.81. The maximum atomic E-state index is 13.3. The number of rotatable bonds is 4. The quantitative estimate of drug-likeness (QED) is 0.817. The highest BCUT2D eigenvalue weighted by Crippen LogP contribution is 2.30. The molecule has 0 aliphatic carbocycles. The van der Waals surface area contributed by atoms with Gasteiger partial charge >= 0.3 is 0 Å². The second-order valence-corrected chi connectivity index (χ2v) is 7.24. The zero-order valence-corrected chi connectivity index (χ0v) is 13.1. The molecule has 0 saturated heterocycles. The highest BCUT2D eigenvalue weighted by molar-refractivity contribution is 7.80. The molecular formula is C15H23FN2S. The SMILES string of the molecule is CC(C)(C)CC(C)(C)Nc1ccc(F)cc1C(N)=S. The molecule has 0 radical (unpaired) electrons. The van der Waals surface area contributed by atoms with Crippen molar-refractivity contribution in [1.29, 1.82) is 0 Å². The Balaban J connectivity index is 3.02. The first kappa shape index (κ1) is 15.9. The van der Waals surface area contributed by atoms with Crippen molar-refractivity contribution in [3.8, 4) is 0 Å². The van der Waals surface area contributed by atoms with Gasteiger partial charge < -0.3 is 11.1 Å². The predicted octanol–water partition coefficient (Wildman–Crippen LogP) is 4.09. The number of halogens is 1. The third-order valence-electron chi connectivity index (χ3n) is 2.69. The summed E-state index contributed by atoms with van der Waals surface area (Å²) in [5.74, 6) is -0.332. The Labute approximate surface area is 120 Å². The lowest BCUT2D eigenvalue weighted by Crippen LogP contribution is -2.36. The van der Waals surface area contributed by atoms with Crippen molar-refractivity contribution in [3.05, 3.63) is 29.6 Å². The van der Waals surface area contributed by atoms with E-state index in [0.717, 1.165) is 12.1 Å². The van der Waals surface area contributed by atoms with Crippen LogP contribution in [0.5, 0.6) is 0 Å². The minimum Gasteiger partial charge on any atom is -0.389 e. The van der Waals surface area contributed by atoms with E-state index in [2.05, 4.69) is 39.9 Å². The van der Waals surface area contributed by atoms with E-state index < -0.39 is 0 Å². The molecule has 0 bridgehead atoms. The first-order valence-corrected chi connectivity index (χ1v) is 6.79. The van der Waals surface area contributed by atoms with Crippen LogP contribution in [-0.4, -0.2) is 10.5 Å². The molecule has 19 heavy (non-hydrogen) atoms. The molecule has 0 aromatic heterocycles. The van der Waals surface area contributed by atoms with Crippen molar-refractivity contribution in [1.82, 2.24) is 0 Å². The van der Waals surface area contributed by atoms with E-state index in [-0.39, 0.29) is 21.8 Å². The van der Waals surface area contributed by atoms with Gasteiger partial charge in [0.1, 0.15) is 10.8 Å². The van der Waals surface area contributed by atoms with E-state index in [1.54, 1.807) is 6.07 Å². The summed E-state index contributed by atoms with van der Waals surface area (Å²) >= 11 is 4.98. The second-order valence-electron chi connectivity index (χ2n) is 6.80. The van der Waals surface area contributed by atoms with Crippen molar-refractivity contribution < 1.29 is 4.39 Å². The predicted molar refractivity (Wildman–Crippen MR) is 84.1 cm³/mol. The molecule has 0 unspecified atom stereocenters. The Bertz CT molecular complexity index is 476. The van der Waals surface area contributed by atoms with E-state index in [1.807, 2.05) is 0 Å². The number of nitrogens with two attached hydrogens (primary N) is 1. The number of benzene rings is 1. The van der Waals surface area contributed by atoms with E-state index in [0.29, 0.717) is 5.56 Å². The molecule has 2 nitrogen and oxygen atoms in total. The summed E-state index contributed by atoms with van der Waals surface area (Å²) in [6.07, 6.45) is 0.966. The van der Waals surface area contributed by atoms with Gasteiger partial charge in [0, 0.05) is 16.8 Å². The van der Waals surface area contributed by atoms with Crippen LogP contribution in [0.2, 0.25) is 0 Å². The highest BCUT2D eigenvalue weighted by atomic mass is 32.1. The maximum absolute atomic E-state index is 13.3. The normalized spacial score (nSPS) is 12.3. The molecule has 3 N–H and O–H groups in total. The number of nitrogens with one attached hydrogen (secondary N) is 1. The fourth-order valence-electron chi connectivity index (χ4n) is 2.56. The molecule has 0 aliphatic heterocycles. The first-order chi connectivity index (χ1) is 8.50. The Morgan fingerprint density at radius 2 is 1.84 bits per heavy atom. The highest BCUT2D eigenvalue weighted by Gasteiger charge is 2.26. The van der Waals surface area contributed by atoms with Gasteiger partial charge in [0.2, 0.25) is 0 Å². The molecule has 106 valence electrons. The molecular weight excluding hydrogens is 259 g/mol. The summed E-state index contributed by atoms with van der Waals surface area (Å²) in [6, 6.07) is 4.48. The van der Waals surface area contributed by atoms with Gasteiger partial charge in [-0.15, -0.1) is 0 Å². The molecule has 0 spiro atoms. The average molecular weight is 282 g/mol. The fourth-order valence-corrected chi connectivity index (χ4v) is 2.73. The molecule has 1 aromatic rings. The monoisotopic (exact) mass is 282 g/mol. The summed E-state index contributed by atoms with van der Waals surface area (Å²) in [5, 5.41) is 3.42. The molecule has 0 amide bonds. The van der Waals surface area contributed by atoms with Crippen LogP contribution in [0.25, 0.3) is 0 Å². The summed E-state index contributed by atoms with van der Waals surface area (Å²) in [6.45, 7) is 10.8. The summed E-state index contributed by atoms with van der Waals surface area (Å²) in [5.41, 5.74) is 7.05. The van der Waals surface area contributed by atoms with Crippen LogP contribution < -0.4 is 11.1 Å². The smallest absolute Gasteiger partial charge is 0.124 e. The summed E-state index contributed by atoms with van der Waals surface area (Å²) in [4.78, 5) is 0.202. The van der Waals surface area contributed by atoms with Gasteiger partial charge in [0.05, 0.1) is 0 Å². The Hall–Kier alpha value is -1.16. The molecule has 4 heteroatoms. The number of thiocarbonyl (C=S) groups is 1. The minimum absolute atomic E-state index is 0.129. The summed E-state index contributed by atoms with van der Waals surface area (Å²) < 4.78 is 13.3. The average Bonchev–Trinajstić information content (AvgIpc) is 2.16. The zero-order valence-electron chi connectivity index (χ0n) is 12.3. The molecule has 0 aliphatic rings. The Kier molecular flexibility index (Phi) is 4.56. The molecule has 1 rings (SSSR count). The maximum Gasteiger partial charge on any atom is 0.124 e. The zero-order chi connectivity index (χ0) is 14.8. The molecule has 0 heterocycles. The van der Waals surface area contributed by atoms with Crippen LogP contribution >= 0.6 is 12.2 Å². The Morgan fingerprint density at radius 1 is 1.26 bits per heavy atom. The van der Waals surface area contributed by atoms with Crippen molar-refractivity contribution >= 4 is 22.9 Å². The molecule has 1 aromatic carbocycles. The Morgan fingerprint density at radius 3 is 2.32 bits per heavy atom. The van der Waals surface area contributed by atoms with E-state index in [4.69, 9.17) is 18.0 Å². The lowest BCUT2D eigenvalue weighted by molar-refractivity contribution is 0.302. The third kappa shape index (κ3) is 5.15. The minimum atomic E-state index is -0.332. The van der Waals surface area contributed by atoms with Crippen LogP contribution in [0, 0.1) is 11.2 Å². The lowest BCUT2D eigenvalue weighted by Gasteiger charge is -2.34. The van der Waals surface area contributed by atoms with E-state index >= 15 is 0 Å². The van der Waals surface area contributed by atoms with Crippen LogP contribution in [0.3, 0.4) is 0 Å². The van der Waals surface area contributed by atoms with Crippen molar-refractivity contribution in [3.63, 3.8) is 0 Å². The molecule has 0 fully saturated rings. The number of hydrogen-bond donors (Lipinski definition) is 2. The van der Waals surface area contributed by atoms with Crippen LogP contribution in [0.15, 0.2) is 18.2 Å². The molecule has 0 atom stereocenters. The summed E-state index contributed by atoms with van der Waals surface area (Å²) in [7, 11) is 0. The van der Waals surface area contributed by atoms with Gasteiger partial charge in [-0.05, 0) is 43.9 Å². The van der Waals surface area contributed by atoms with Gasteiger partial charge in [-0.1, -0.05) is 33.0 Å². The largest absolute Gasteiger partial charge is 0.389 e. The van der Waals surface area contributed by atoms with Gasteiger partial charge in [-0.25, -0.2) is 4.39 Å². The first-order valence-electron chi connectivity index (χ1n) is 6.38. The van der Waals surface area contributed by atoms with Gasteiger partial charge in [-0.3, -0.25) is 0 Å². The van der Waals surface area contributed by atoms with Crippen LogP contribution in [0.4, 0.5) is 10.1 Å². The van der Waals surface area contributed by atoms with E-state index in [9.17, 15) is 4.39 Å². The van der Waals surface area contributed by atoms with Gasteiger partial charge in [0.25, 0.3) is 0 Å². The standard InChI is InChI=1S/C15H23FN2S/c1-14(2,3)9-15(4,5)18-12-7-6-10(16)8-11(12)13(17)19/h6-8,18H,9H2,1-5H3,(H2,17,19). The van der Waals surface area contributed by atoms with E-state index in [1.165, 1.54) is 12.1 Å². The van der Waals surface area contributed by atoms with Crippen LogP contribution in [0.1, 0.15) is 46.6 Å². The van der Waals surface area contributed by atoms with Gasteiger partial charge in [-0.2, -0.15) is 0 Å². The molecule has 0 saturated carbocycles. The third-order valence-corrected chi connectivity index (χ3v) is 2.91. The van der Waals surface area contributed by atoms with Crippen molar-refractivity contribution in [2.75, 3.05) is 5.32 Å².